The van der Waals surface area contributed by atoms with E-state index in [4.69, 9.17) is 10.5 Å². The number of nitrogens with zero attached hydrogens (tertiary/aromatic N) is 1. The van der Waals surface area contributed by atoms with Crippen LogP contribution in [0.3, 0.4) is 0 Å². The van der Waals surface area contributed by atoms with Crippen molar-refractivity contribution >= 4 is 10.2 Å². The molecule has 2 aliphatic rings. The molecule has 19 heavy (non-hydrogen) atoms. The molecule has 0 bridgehead atoms. The first-order valence-corrected chi connectivity index (χ1v) is 8.53. The van der Waals surface area contributed by atoms with Gasteiger partial charge in [-0.1, -0.05) is 0 Å². The van der Waals surface area contributed by atoms with Crippen molar-refractivity contribution in [3.8, 4) is 0 Å². The third kappa shape index (κ3) is 3.88. The van der Waals surface area contributed by atoms with Crippen LogP contribution < -0.4 is 10.5 Å². The van der Waals surface area contributed by atoms with Gasteiger partial charge in [-0.2, -0.15) is 12.7 Å². The highest BCUT2D eigenvalue weighted by Gasteiger charge is 2.30. The minimum Gasteiger partial charge on any atom is -0.378 e. The third-order valence-corrected chi connectivity index (χ3v) is 5.76. The molecule has 0 aromatic heterocycles. The zero-order valence-corrected chi connectivity index (χ0v) is 12.4. The highest BCUT2D eigenvalue weighted by Crippen LogP contribution is 2.21. The first kappa shape index (κ1) is 15.2. The maximum atomic E-state index is 12.2. The van der Waals surface area contributed by atoms with E-state index in [1.54, 1.807) is 0 Å². The van der Waals surface area contributed by atoms with Crippen molar-refractivity contribution in [3.05, 3.63) is 0 Å². The number of rotatable bonds is 5. The van der Waals surface area contributed by atoms with Gasteiger partial charge in [0.25, 0.3) is 10.2 Å². The number of ether oxygens (including phenoxy) is 1. The second-order valence-electron chi connectivity index (χ2n) is 5.58. The first-order valence-electron chi connectivity index (χ1n) is 7.09. The van der Waals surface area contributed by atoms with Crippen molar-refractivity contribution in [1.82, 2.24) is 9.03 Å². The van der Waals surface area contributed by atoms with Gasteiger partial charge in [-0.05, 0) is 38.6 Å². The van der Waals surface area contributed by atoms with Crippen LogP contribution in [-0.2, 0) is 14.9 Å². The molecule has 2 fully saturated rings. The second kappa shape index (κ2) is 6.49. The van der Waals surface area contributed by atoms with Gasteiger partial charge in [0.1, 0.15) is 0 Å². The second-order valence-corrected chi connectivity index (χ2v) is 7.34. The van der Waals surface area contributed by atoms with Gasteiger partial charge in [-0.3, -0.25) is 0 Å². The maximum Gasteiger partial charge on any atom is 0.279 e. The van der Waals surface area contributed by atoms with Crippen molar-refractivity contribution in [2.24, 2.45) is 17.6 Å². The van der Waals surface area contributed by atoms with E-state index in [0.29, 0.717) is 32.1 Å². The fourth-order valence-corrected chi connectivity index (χ4v) is 4.17. The topological polar surface area (TPSA) is 84.7 Å². The number of hydrogen-bond donors (Lipinski definition) is 2. The Kier molecular flexibility index (Phi) is 5.19. The van der Waals surface area contributed by atoms with Crippen LogP contribution in [0, 0.1) is 11.8 Å². The van der Waals surface area contributed by atoms with Crippen LogP contribution in [0.2, 0.25) is 0 Å². The molecular formula is C12H25N3O3S. The summed E-state index contributed by atoms with van der Waals surface area (Å²) in [5.74, 6) is 0.573. The lowest BCUT2D eigenvalue weighted by atomic mass is 10.0. The van der Waals surface area contributed by atoms with Crippen molar-refractivity contribution in [1.29, 1.82) is 0 Å². The van der Waals surface area contributed by atoms with E-state index < -0.39 is 10.2 Å². The molecular weight excluding hydrogens is 266 g/mol. The smallest absolute Gasteiger partial charge is 0.279 e. The molecule has 0 spiro atoms. The van der Waals surface area contributed by atoms with E-state index in [1.165, 1.54) is 4.31 Å². The molecule has 2 saturated heterocycles. The SMILES string of the molecule is CC1OCCC1CNS(=O)(=O)N1CCCC(CN)C1. The Morgan fingerprint density at radius 3 is 2.84 bits per heavy atom. The monoisotopic (exact) mass is 291 g/mol. The van der Waals surface area contributed by atoms with Crippen LogP contribution in [-0.4, -0.2) is 51.6 Å². The van der Waals surface area contributed by atoms with Crippen LogP contribution in [0.1, 0.15) is 26.2 Å². The van der Waals surface area contributed by atoms with E-state index >= 15 is 0 Å². The summed E-state index contributed by atoms with van der Waals surface area (Å²) < 4.78 is 34.2. The molecule has 3 atom stereocenters. The summed E-state index contributed by atoms with van der Waals surface area (Å²) in [6.45, 7) is 4.89. The molecule has 0 amide bonds. The van der Waals surface area contributed by atoms with E-state index in [9.17, 15) is 8.42 Å². The van der Waals surface area contributed by atoms with Crippen molar-refractivity contribution in [3.63, 3.8) is 0 Å². The van der Waals surface area contributed by atoms with Gasteiger partial charge in [-0.15, -0.1) is 0 Å². The fraction of sp³-hybridized carbons (Fsp3) is 1.00. The van der Waals surface area contributed by atoms with Gasteiger partial charge in [0.05, 0.1) is 6.10 Å². The molecule has 0 saturated carbocycles. The largest absolute Gasteiger partial charge is 0.378 e. The lowest BCUT2D eigenvalue weighted by molar-refractivity contribution is 0.106. The average molecular weight is 291 g/mol. The number of hydrogen-bond acceptors (Lipinski definition) is 4. The Labute approximate surface area is 115 Å². The minimum atomic E-state index is -3.37. The summed E-state index contributed by atoms with van der Waals surface area (Å²) >= 11 is 0. The highest BCUT2D eigenvalue weighted by molar-refractivity contribution is 7.87. The van der Waals surface area contributed by atoms with Gasteiger partial charge >= 0.3 is 0 Å². The quantitative estimate of drug-likeness (QED) is 0.742. The molecule has 0 radical (unpaired) electrons. The molecule has 112 valence electrons. The van der Waals surface area contributed by atoms with Gasteiger partial charge < -0.3 is 10.5 Å². The predicted molar refractivity (Wildman–Crippen MR) is 73.8 cm³/mol. The Morgan fingerprint density at radius 1 is 1.42 bits per heavy atom. The number of piperidine rings is 1. The lowest BCUT2D eigenvalue weighted by Crippen LogP contribution is -2.48. The Bertz CT molecular complexity index is 388. The van der Waals surface area contributed by atoms with Crippen LogP contribution >= 0.6 is 0 Å². The summed E-state index contributed by atoms with van der Waals surface area (Å²) in [5, 5.41) is 0. The average Bonchev–Trinajstić information content (AvgIpc) is 2.82. The normalized spacial score (nSPS) is 33.7. The van der Waals surface area contributed by atoms with Gasteiger partial charge in [0, 0.05) is 32.2 Å². The standard InChI is InChI=1S/C12H25N3O3S/c1-10-12(4-6-18-10)8-14-19(16,17)15-5-2-3-11(7-13)9-15/h10-12,14H,2-9,13H2,1H3. The lowest BCUT2D eigenvalue weighted by Gasteiger charge is -2.31. The molecule has 2 heterocycles. The summed E-state index contributed by atoms with van der Waals surface area (Å²) in [6, 6.07) is 0. The summed E-state index contributed by atoms with van der Waals surface area (Å²) in [7, 11) is -3.37. The fourth-order valence-electron chi connectivity index (χ4n) is 2.79. The maximum absolute atomic E-state index is 12.2. The predicted octanol–water partition coefficient (Wildman–Crippen LogP) is -0.0835. The highest BCUT2D eigenvalue weighted by atomic mass is 32.2. The van der Waals surface area contributed by atoms with Crippen LogP contribution in [0.4, 0.5) is 0 Å². The molecule has 3 unspecified atom stereocenters. The first-order chi connectivity index (χ1) is 9.03. The summed E-state index contributed by atoms with van der Waals surface area (Å²) in [4.78, 5) is 0. The molecule has 0 aromatic carbocycles. The summed E-state index contributed by atoms with van der Waals surface area (Å²) in [6.07, 6.45) is 2.98. The zero-order chi connectivity index (χ0) is 13.9. The minimum absolute atomic E-state index is 0.140. The van der Waals surface area contributed by atoms with Gasteiger partial charge in [0.2, 0.25) is 0 Å². The van der Waals surface area contributed by atoms with Gasteiger partial charge in [-0.25, -0.2) is 4.72 Å². The Morgan fingerprint density at radius 2 is 2.21 bits per heavy atom. The third-order valence-electron chi connectivity index (χ3n) is 4.22. The Balaban J connectivity index is 1.87. The van der Waals surface area contributed by atoms with Gasteiger partial charge in [0.15, 0.2) is 0 Å². The number of nitrogens with one attached hydrogen (secondary N) is 1. The van der Waals surface area contributed by atoms with Crippen molar-refractivity contribution in [2.75, 3.05) is 32.8 Å². The van der Waals surface area contributed by atoms with E-state index in [0.717, 1.165) is 25.9 Å². The Hall–Kier alpha value is -0.210. The zero-order valence-electron chi connectivity index (χ0n) is 11.5. The molecule has 3 N–H and O–H groups in total. The molecule has 2 aliphatic heterocycles. The number of nitrogens with two attached hydrogens (primary N) is 1. The molecule has 0 aromatic rings. The summed E-state index contributed by atoms with van der Waals surface area (Å²) in [5.41, 5.74) is 5.64. The van der Waals surface area contributed by atoms with E-state index in [-0.39, 0.29) is 12.0 Å². The van der Waals surface area contributed by atoms with Crippen LogP contribution in [0.25, 0.3) is 0 Å². The molecule has 7 heteroatoms. The van der Waals surface area contributed by atoms with E-state index in [1.807, 2.05) is 6.92 Å². The van der Waals surface area contributed by atoms with Crippen molar-refractivity contribution < 1.29 is 13.2 Å². The van der Waals surface area contributed by atoms with Crippen molar-refractivity contribution in [2.45, 2.75) is 32.3 Å². The molecule has 2 rings (SSSR count). The van der Waals surface area contributed by atoms with Crippen LogP contribution in [0.15, 0.2) is 0 Å². The van der Waals surface area contributed by atoms with Crippen LogP contribution in [0.5, 0.6) is 0 Å². The van der Waals surface area contributed by atoms with E-state index in [2.05, 4.69) is 4.72 Å². The molecule has 0 aliphatic carbocycles. The molecule has 6 nitrogen and oxygen atoms in total.